The van der Waals surface area contributed by atoms with E-state index in [1.165, 1.54) is 0 Å². The van der Waals surface area contributed by atoms with Crippen molar-refractivity contribution in [3.63, 3.8) is 0 Å². The summed E-state index contributed by atoms with van der Waals surface area (Å²) in [5.41, 5.74) is 0. The quantitative estimate of drug-likeness (QED) is 0.586. The van der Waals surface area contributed by atoms with Gasteiger partial charge in [-0.25, -0.2) is 9.69 Å². The highest BCUT2D eigenvalue weighted by Gasteiger charge is 2.39. The SMILES string of the molecule is CCN(C(=O)O)C(F)(F)F. The predicted molar refractivity (Wildman–Crippen MR) is 26.5 cm³/mol. The summed E-state index contributed by atoms with van der Waals surface area (Å²) in [6.07, 6.45) is -6.75. The van der Waals surface area contributed by atoms with Crippen LogP contribution in [0.25, 0.3) is 0 Å². The number of carbonyl (C=O) groups is 1. The molecule has 0 unspecified atom stereocenters. The van der Waals surface area contributed by atoms with Gasteiger partial charge in [0.05, 0.1) is 0 Å². The molecule has 1 N–H and O–H groups in total. The van der Waals surface area contributed by atoms with Crippen LogP contribution in [0.5, 0.6) is 0 Å². The Morgan fingerprint density at radius 1 is 1.60 bits per heavy atom. The molecule has 0 bridgehead atoms. The Morgan fingerprint density at radius 2 is 2.00 bits per heavy atom. The molecule has 60 valence electrons. The topological polar surface area (TPSA) is 40.5 Å². The largest absolute Gasteiger partial charge is 0.489 e. The highest BCUT2D eigenvalue weighted by Crippen LogP contribution is 2.20. The predicted octanol–water partition coefficient (Wildman–Crippen LogP) is 1.51. The molecule has 0 saturated carbocycles. The van der Waals surface area contributed by atoms with Crippen LogP contribution in [0.1, 0.15) is 6.92 Å². The molecule has 0 aromatic rings. The van der Waals surface area contributed by atoms with Crippen molar-refractivity contribution in [2.75, 3.05) is 6.54 Å². The molecular formula is C4H6F3NO2. The molecule has 6 heteroatoms. The molecule has 0 atom stereocenters. The van der Waals surface area contributed by atoms with Crippen molar-refractivity contribution in [1.82, 2.24) is 4.90 Å². The van der Waals surface area contributed by atoms with E-state index in [9.17, 15) is 18.0 Å². The first-order chi connectivity index (χ1) is 4.39. The van der Waals surface area contributed by atoms with E-state index in [0.717, 1.165) is 6.92 Å². The van der Waals surface area contributed by atoms with E-state index in [1.807, 2.05) is 0 Å². The zero-order valence-corrected chi connectivity index (χ0v) is 5.14. The minimum absolute atomic E-state index is 0.584. The molecule has 1 amide bonds. The number of nitrogens with zero attached hydrogens (tertiary/aromatic N) is 1. The van der Waals surface area contributed by atoms with Crippen LogP contribution in [0.15, 0.2) is 0 Å². The summed E-state index contributed by atoms with van der Waals surface area (Å²) in [6, 6.07) is 0. The van der Waals surface area contributed by atoms with Crippen LogP contribution in [-0.4, -0.2) is 28.9 Å². The van der Waals surface area contributed by atoms with E-state index in [-0.39, 0.29) is 0 Å². The van der Waals surface area contributed by atoms with Gasteiger partial charge in [-0.05, 0) is 6.92 Å². The smallest absolute Gasteiger partial charge is 0.465 e. The Bertz CT molecular complexity index is 133. The van der Waals surface area contributed by atoms with E-state index in [0.29, 0.717) is 0 Å². The highest BCUT2D eigenvalue weighted by atomic mass is 19.4. The van der Waals surface area contributed by atoms with Crippen molar-refractivity contribution in [2.24, 2.45) is 0 Å². The van der Waals surface area contributed by atoms with E-state index >= 15 is 0 Å². The zero-order valence-electron chi connectivity index (χ0n) is 5.14. The van der Waals surface area contributed by atoms with Gasteiger partial charge >= 0.3 is 12.4 Å². The van der Waals surface area contributed by atoms with Crippen LogP contribution in [0, 0.1) is 0 Å². The van der Waals surface area contributed by atoms with E-state index < -0.39 is 23.8 Å². The number of rotatable bonds is 1. The van der Waals surface area contributed by atoms with Gasteiger partial charge in [-0.2, -0.15) is 0 Å². The van der Waals surface area contributed by atoms with Gasteiger partial charge in [0.25, 0.3) is 0 Å². The summed E-state index contributed by atoms with van der Waals surface area (Å²) >= 11 is 0. The molecule has 0 spiro atoms. The van der Waals surface area contributed by atoms with Crippen molar-refractivity contribution in [2.45, 2.75) is 13.2 Å². The summed E-state index contributed by atoms with van der Waals surface area (Å²) < 4.78 is 34.5. The first kappa shape index (κ1) is 9.06. The average Bonchev–Trinajstić information content (AvgIpc) is 1.60. The van der Waals surface area contributed by atoms with Crippen LogP contribution in [-0.2, 0) is 0 Å². The standard InChI is InChI=1S/C4H6F3NO2/c1-2-8(3(9)10)4(5,6)7/h2H2,1H3,(H,9,10). The van der Waals surface area contributed by atoms with Crippen molar-refractivity contribution in [1.29, 1.82) is 0 Å². The number of hydrogen-bond donors (Lipinski definition) is 1. The van der Waals surface area contributed by atoms with Gasteiger partial charge in [0.2, 0.25) is 0 Å². The molecule has 0 saturated heterocycles. The number of halogens is 3. The van der Waals surface area contributed by atoms with Gasteiger partial charge in [-0.1, -0.05) is 0 Å². The lowest BCUT2D eigenvalue weighted by Crippen LogP contribution is -2.41. The Hall–Kier alpha value is -0.940. The van der Waals surface area contributed by atoms with Gasteiger partial charge < -0.3 is 5.11 Å². The fraction of sp³-hybridized carbons (Fsp3) is 0.750. The lowest BCUT2D eigenvalue weighted by Gasteiger charge is -2.19. The van der Waals surface area contributed by atoms with Crippen LogP contribution < -0.4 is 0 Å². The lowest BCUT2D eigenvalue weighted by atomic mass is 10.6. The third kappa shape index (κ3) is 2.12. The highest BCUT2D eigenvalue weighted by molar-refractivity contribution is 5.65. The first-order valence-corrected chi connectivity index (χ1v) is 2.47. The lowest BCUT2D eigenvalue weighted by molar-refractivity contribution is -0.227. The molecule has 0 aliphatic rings. The van der Waals surface area contributed by atoms with Crippen LogP contribution in [0.4, 0.5) is 18.0 Å². The maximum atomic E-state index is 11.5. The normalized spacial score (nSPS) is 11.2. The Balaban J connectivity index is 4.22. The molecular weight excluding hydrogens is 151 g/mol. The molecule has 0 aromatic heterocycles. The fourth-order valence-corrected chi connectivity index (χ4v) is 0.423. The van der Waals surface area contributed by atoms with E-state index in [1.54, 1.807) is 0 Å². The Morgan fingerprint density at radius 3 is 2.00 bits per heavy atom. The van der Waals surface area contributed by atoms with Gasteiger partial charge in [0, 0.05) is 6.54 Å². The number of hydrogen-bond acceptors (Lipinski definition) is 1. The maximum Gasteiger partial charge on any atom is 0.489 e. The third-order valence-electron chi connectivity index (χ3n) is 0.853. The third-order valence-corrected chi connectivity index (χ3v) is 0.853. The second-order valence-corrected chi connectivity index (χ2v) is 1.49. The summed E-state index contributed by atoms with van der Waals surface area (Å²) in [5.74, 6) is 0. The van der Waals surface area contributed by atoms with E-state index in [4.69, 9.17) is 5.11 Å². The van der Waals surface area contributed by atoms with Gasteiger partial charge in [0.15, 0.2) is 0 Å². The molecule has 0 radical (unpaired) electrons. The van der Waals surface area contributed by atoms with E-state index in [2.05, 4.69) is 0 Å². The number of amides is 1. The monoisotopic (exact) mass is 157 g/mol. The van der Waals surface area contributed by atoms with Gasteiger partial charge in [-0.3, -0.25) is 0 Å². The fourth-order valence-electron chi connectivity index (χ4n) is 0.423. The van der Waals surface area contributed by atoms with Crippen molar-refractivity contribution >= 4 is 6.09 Å². The van der Waals surface area contributed by atoms with Crippen molar-refractivity contribution in [3.8, 4) is 0 Å². The maximum absolute atomic E-state index is 11.5. The summed E-state index contributed by atoms with van der Waals surface area (Å²) in [5, 5.41) is 7.91. The molecule has 0 fully saturated rings. The van der Waals surface area contributed by atoms with Crippen LogP contribution in [0.2, 0.25) is 0 Å². The second-order valence-electron chi connectivity index (χ2n) is 1.49. The molecule has 0 rings (SSSR count). The average molecular weight is 157 g/mol. The molecule has 0 aromatic carbocycles. The molecule has 0 aliphatic heterocycles. The summed E-state index contributed by atoms with van der Waals surface area (Å²) in [6.45, 7) is 0.528. The minimum Gasteiger partial charge on any atom is -0.465 e. The Kier molecular flexibility index (Phi) is 2.50. The zero-order chi connectivity index (χ0) is 8.36. The van der Waals surface area contributed by atoms with Crippen molar-refractivity contribution < 1.29 is 23.1 Å². The molecule has 3 nitrogen and oxygen atoms in total. The van der Waals surface area contributed by atoms with Gasteiger partial charge in [-0.15, -0.1) is 13.2 Å². The van der Waals surface area contributed by atoms with Gasteiger partial charge in [0.1, 0.15) is 0 Å². The summed E-state index contributed by atoms with van der Waals surface area (Å²) in [7, 11) is 0. The van der Waals surface area contributed by atoms with Crippen LogP contribution >= 0.6 is 0 Å². The molecule has 10 heavy (non-hydrogen) atoms. The Labute approximate surface area is 55.0 Å². The molecule has 0 heterocycles. The second kappa shape index (κ2) is 2.76. The van der Waals surface area contributed by atoms with Crippen molar-refractivity contribution in [3.05, 3.63) is 0 Å². The first-order valence-electron chi connectivity index (χ1n) is 2.47. The number of carboxylic acid groups (broad SMARTS) is 1. The van der Waals surface area contributed by atoms with Crippen LogP contribution in [0.3, 0.4) is 0 Å². The minimum atomic E-state index is -4.78. The number of alkyl halides is 3. The summed E-state index contributed by atoms with van der Waals surface area (Å²) in [4.78, 5) is 9.18. The molecule has 0 aliphatic carbocycles.